The van der Waals surface area contributed by atoms with Crippen molar-refractivity contribution in [3.63, 3.8) is 0 Å². The van der Waals surface area contributed by atoms with Gasteiger partial charge in [-0.2, -0.15) is 4.31 Å². The van der Waals surface area contributed by atoms with Crippen LogP contribution < -0.4 is 5.32 Å². The molecule has 10 nitrogen and oxygen atoms in total. The number of hydrogen-bond acceptors (Lipinski definition) is 8. The Morgan fingerprint density at radius 2 is 1.71 bits per heavy atom. The molecule has 1 aromatic carbocycles. The first-order valence-corrected chi connectivity index (χ1v) is 16.4. The van der Waals surface area contributed by atoms with Gasteiger partial charge in [-0.05, 0) is 76.8 Å². The first-order valence-electron chi connectivity index (χ1n) is 14.2. The number of anilines is 1. The summed E-state index contributed by atoms with van der Waals surface area (Å²) in [5, 5.41) is 3.50. The number of methoxy groups -OCH3 is 1. The summed E-state index contributed by atoms with van der Waals surface area (Å²) in [5.41, 5.74) is 1.88. The molecule has 1 N–H and O–H groups in total. The molecule has 1 saturated heterocycles. The van der Waals surface area contributed by atoms with E-state index in [4.69, 9.17) is 4.74 Å². The Balaban J connectivity index is 1.53. The van der Waals surface area contributed by atoms with Gasteiger partial charge in [-0.25, -0.2) is 8.42 Å². The molecule has 224 valence electrons. The zero-order chi connectivity index (χ0) is 29.9. The molecule has 4 rings (SSSR count). The van der Waals surface area contributed by atoms with Crippen LogP contribution >= 0.6 is 11.3 Å². The molecule has 1 aromatic heterocycles. The van der Waals surface area contributed by atoms with Crippen LogP contribution in [-0.2, 0) is 32.5 Å². The van der Waals surface area contributed by atoms with Crippen molar-refractivity contribution in [1.29, 1.82) is 0 Å². The van der Waals surface area contributed by atoms with Crippen LogP contribution in [0.2, 0.25) is 0 Å². The molecule has 3 heterocycles. The van der Waals surface area contributed by atoms with Gasteiger partial charge in [0.15, 0.2) is 0 Å². The van der Waals surface area contributed by atoms with Gasteiger partial charge < -0.3 is 15.0 Å². The molecule has 2 aromatic rings. The number of fused-ring (bicyclic) bond motifs is 1. The summed E-state index contributed by atoms with van der Waals surface area (Å²) in [6.45, 7) is 11.4. The molecule has 2 amide bonds. The zero-order valence-electron chi connectivity index (χ0n) is 24.4. The van der Waals surface area contributed by atoms with Crippen molar-refractivity contribution >= 4 is 44.1 Å². The predicted octanol–water partition coefficient (Wildman–Crippen LogP) is 3.82. The van der Waals surface area contributed by atoms with Gasteiger partial charge in [-0.3, -0.25) is 19.3 Å². The Labute approximate surface area is 246 Å². The summed E-state index contributed by atoms with van der Waals surface area (Å²) in [5.74, 6) is -1.10. The second-order valence-electron chi connectivity index (χ2n) is 10.7. The van der Waals surface area contributed by atoms with Crippen molar-refractivity contribution in [2.75, 3.05) is 45.2 Å². The number of amides is 2. The minimum atomic E-state index is -3.77. The molecular formula is C29H40N4O6S2. The quantitative estimate of drug-likeness (QED) is 0.433. The number of thiophene rings is 1. The lowest BCUT2D eigenvalue weighted by atomic mass is 9.99. The van der Waals surface area contributed by atoms with E-state index in [-0.39, 0.29) is 35.8 Å². The van der Waals surface area contributed by atoms with Crippen LogP contribution in [0.3, 0.4) is 0 Å². The van der Waals surface area contributed by atoms with Crippen molar-refractivity contribution in [2.24, 2.45) is 5.92 Å². The Morgan fingerprint density at radius 1 is 1.07 bits per heavy atom. The van der Waals surface area contributed by atoms with Crippen molar-refractivity contribution in [1.82, 2.24) is 14.1 Å². The van der Waals surface area contributed by atoms with Gasteiger partial charge in [0.05, 0.1) is 23.5 Å². The number of piperidine rings is 1. The van der Waals surface area contributed by atoms with E-state index in [9.17, 15) is 22.8 Å². The highest BCUT2D eigenvalue weighted by molar-refractivity contribution is 7.89. The third-order valence-corrected chi connectivity index (χ3v) is 11.1. The number of esters is 1. The maximum atomic E-state index is 13.5. The minimum absolute atomic E-state index is 0.0850. The van der Waals surface area contributed by atoms with E-state index in [0.717, 1.165) is 30.0 Å². The third kappa shape index (κ3) is 6.50. The Kier molecular flexibility index (Phi) is 9.89. The van der Waals surface area contributed by atoms with Crippen molar-refractivity contribution in [3.8, 4) is 0 Å². The number of carbonyl (C=O) groups excluding carboxylic acids is 3. The lowest BCUT2D eigenvalue weighted by Crippen LogP contribution is -2.40. The van der Waals surface area contributed by atoms with Gasteiger partial charge in [0.25, 0.3) is 11.8 Å². The van der Waals surface area contributed by atoms with Crippen LogP contribution in [0, 0.1) is 5.92 Å². The Hall–Kier alpha value is -2.80. The topological polar surface area (TPSA) is 116 Å². The van der Waals surface area contributed by atoms with Crippen LogP contribution in [0.1, 0.15) is 71.7 Å². The van der Waals surface area contributed by atoms with Gasteiger partial charge in [0, 0.05) is 55.8 Å². The highest BCUT2D eigenvalue weighted by Crippen LogP contribution is 2.38. The maximum absolute atomic E-state index is 13.5. The van der Waals surface area contributed by atoms with E-state index in [0.29, 0.717) is 48.1 Å². The number of sulfonamides is 1. The number of ether oxygens (including phenoxy) is 1. The molecule has 0 radical (unpaired) electrons. The average molecular weight is 605 g/mol. The molecule has 41 heavy (non-hydrogen) atoms. The van der Waals surface area contributed by atoms with Gasteiger partial charge in [0.2, 0.25) is 10.0 Å². The van der Waals surface area contributed by atoms with Crippen molar-refractivity contribution < 1.29 is 27.5 Å². The molecule has 12 heteroatoms. The smallest absolute Gasteiger partial charge is 0.308 e. The molecule has 1 fully saturated rings. The van der Waals surface area contributed by atoms with E-state index >= 15 is 0 Å². The number of rotatable bonds is 9. The average Bonchev–Trinajstić information content (AvgIpc) is 3.34. The second kappa shape index (κ2) is 13.0. The molecule has 2 aliphatic heterocycles. The Bertz CT molecular complexity index is 1370. The fraction of sp³-hybridized carbons (Fsp3) is 0.552. The number of hydrogen-bond donors (Lipinski definition) is 1. The van der Waals surface area contributed by atoms with Crippen LogP contribution in [0.25, 0.3) is 0 Å². The standard InChI is InChI=1S/C29H40N4O6S2/c1-6-31(7-2)28(35)25-23-14-15-32(19(3)4)18-24(23)40-27(25)30-26(34)20-8-10-22(11-9-20)41(37,38)33-16-12-21(13-17-33)29(36)39-5/h8-11,19,21H,6-7,12-18H2,1-5H3,(H,30,34). The van der Waals surface area contributed by atoms with Crippen molar-refractivity contribution in [2.45, 2.75) is 64.4 Å². The summed E-state index contributed by atoms with van der Waals surface area (Å²) < 4.78 is 32.5. The maximum Gasteiger partial charge on any atom is 0.308 e. The summed E-state index contributed by atoms with van der Waals surface area (Å²) in [6, 6.07) is 6.21. The first kappa shape index (κ1) is 31.1. The van der Waals surface area contributed by atoms with Gasteiger partial charge in [-0.15, -0.1) is 11.3 Å². The molecule has 0 saturated carbocycles. The van der Waals surface area contributed by atoms with Gasteiger partial charge in [-0.1, -0.05) is 0 Å². The van der Waals surface area contributed by atoms with Crippen LogP contribution in [0.4, 0.5) is 5.00 Å². The summed E-state index contributed by atoms with van der Waals surface area (Å²) in [4.78, 5) is 44.0. The third-order valence-electron chi connectivity index (χ3n) is 8.05. The molecule has 0 spiro atoms. The lowest BCUT2D eigenvalue weighted by molar-refractivity contribution is -0.146. The minimum Gasteiger partial charge on any atom is -0.469 e. The van der Waals surface area contributed by atoms with Crippen LogP contribution in [0.5, 0.6) is 0 Å². The van der Waals surface area contributed by atoms with E-state index in [1.165, 1.54) is 47.0 Å². The first-order chi connectivity index (χ1) is 19.5. The summed E-state index contributed by atoms with van der Waals surface area (Å²) >= 11 is 1.45. The monoisotopic (exact) mass is 604 g/mol. The molecule has 2 aliphatic rings. The number of carbonyl (C=O) groups is 3. The predicted molar refractivity (Wildman–Crippen MR) is 159 cm³/mol. The van der Waals surface area contributed by atoms with E-state index in [1.54, 1.807) is 4.90 Å². The summed E-state index contributed by atoms with van der Waals surface area (Å²) in [6.07, 6.45) is 1.55. The van der Waals surface area contributed by atoms with Crippen LogP contribution in [-0.4, -0.2) is 86.2 Å². The summed E-state index contributed by atoms with van der Waals surface area (Å²) in [7, 11) is -2.44. The number of nitrogens with one attached hydrogen (secondary N) is 1. The second-order valence-corrected chi connectivity index (χ2v) is 13.7. The fourth-order valence-electron chi connectivity index (χ4n) is 5.45. The number of benzene rings is 1. The molecule has 0 aliphatic carbocycles. The highest BCUT2D eigenvalue weighted by atomic mass is 32.2. The lowest BCUT2D eigenvalue weighted by Gasteiger charge is -2.30. The van der Waals surface area contributed by atoms with E-state index in [2.05, 4.69) is 24.1 Å². The Morgan fingerprint density at radius 3 is 2.27 bits per heavy atom. The van der Waals surface area contributed by atoms with Crippen molar-refractivity contribution in [3.05, 3.63) is 45.8 Å². The zero-order valence-corrected chi connectivity index (χ0v) is 26.1. The van der Waals surface area contributed by atoms with E-state index < -0.39 is 15.9 Å². The molecule has 0 bridgehead atoms. The normalized spacial score (nSPS) is 16.8. The molecular weight excluding hydrogens is 564 g/mol. The van der Waals surface area contributed by atoms with E-state index in [1.807, 2.05) is 13.8 Å². The molecule has 0 unspecified atom stereocenters. The SMILES string of the molecule is CCN(CC)C(=O)c1c(NC(=O)c2ccc(S(=O)(=O)N3CCC(C(=O)OC)CC3)cc2)sc2c1CCN(C(C)C)C2. The largest absolute Gasteiger partial charge is 0.469 e. The van der Waals surface area contributed by atoms with Gasteiger partial charge >= 0.3 is 5.97 Å². The highest BCUT2D eigenvalue weighted by Gasteiger charge is 2.33. The van der Waals surface area contributed by atoms with Gasteiger partial charge in [0.1, 0.15) is 5.00 Å². The van der Waals surface area contributed by atoms with Crippen LogP contribution in [0.15, 0.2) is 29.2 Å². The fourth-order valence-corrected chi connectivity index (χ4v) is 8.18. The number of nitrogens with zero attached hydrogens (tertiary/aromatic N) is 3. The molecule has 0 atom stereocenters.